The van der Waals surface area contributed by atoms with Gasteiger partial charge in [0.15, 0.2) is 0 Å². The molecule has 0 N–H and O–H groups in total. The SMILES string of the molecule is Cc1ccc(C(C)C)c(I)c1C. The van der Waals surface area contributed by atoms with E-state index in [9.17, 15) is 0 Å². The van der Waals surface area contributed by atoms with Gasteiger partial charge in [0, 0.05) is 3.57 Å². The van der Waals surface area contributed by atoms with Crippen molar-refractivity contribution in [2.75, 3.05) is 0 Å². The van der Waals surface area contributed by atoms with E-state index in [1.165, 1.54) is 20.3 Å². The normalized spacial score (nSPS) is 10.8. The van der Waals surface area contributed by atoms with Gasteiger partial charge in [-0.2, -0.15) is 0 Å². The van der Waals surface area contributed by atoms with E-state index in [0.29, 0.717) is 5.92 Å². The molecule has 0 bridgehead atoms. The molecule has 0 aromatic heterocycles. The molecular weight excluding hydrogens is 259 g/mol. The van der Waals surface area contributed by atoms with E-state index in [2.05, 4.69) is 62.4 Å². The number of hydrogen-bond donors (Lipinski definition) is 0. The molecule has 0 radical (unpaired) electrons. The zero-order valence-corrected chi connectivity index (χ0v) is 10.3. The van der Waals surface area contributed by atoms with Gasteiger partial charge >= 0.3 is 0 Å². The lowest BCUT2D eigenvalue weighted by Gasteiger charge is -2.12. The highest BCUT2D eigenvalue weighted by Crippen LogP contribution is 2.25. The van der Waals surface area contributed by atoms with Crippen molar-refractivity contribution >= 4 is 22.6 Å². The Labute approximate surface area is 88.5 Å². The summed E-state index contributed by atoms with van der Waals surface area (Å²) in [7, 11) is 0. The van der Waals surface area contributed by atoms with Gasteiger partial charge in [0.2, 0.25) is 0 Å². The van der Waals surface area contributed by atoms with Crippen molar-refractivity contribution in [1.82, 2.24) is 0 Å². The highest BCUT2D eigenvalue weighted by molar-refractivity contribution is 14.1. The fourth-order valence-electron chi connectivity index (χ4n) is 1.25. The summed E-state index contributed by atoms with van der Waals surface area (Å²) in [5, 5.41) is 0. The zero-order valence-electron chi connectivity index (χ0n) is 8.11. The Morgan fingerprint density at radius 3 is 2.25 bits per heavy atom. The van der Waals surface area contributed by atoms with Gasteiger partial charge < -0.3 is 0 Å². The first-order valence-corrected chi connectivity index (χ1v) is 5.37. The summed E-state index contributed by atoms with van der Waals surface area (Å²) in [5.41, 5.74) is 4.30. The molecule has 1 rings (SSSR count). The molecule has 0 amide bonds. The summed E-state index contributed by atoms with van der Waals surface area (Å²) >= 11 is 2.45. The molecule has 0 aliphatic carbocycles. The fraction of sp³-hybridized carbons (Fsp3) is 0.455. The Hall–Kier alpha value is -0.0500. The van der Waals surface area contributed by atoms with Gasteiger partial charge in [-0.1, -0.05) is 26.0 Å². The Balaban J connectivity index is 3.27. The van der Waals surface area contributed by atoms with Crippen LogP contribution in [0.1, 0.15) is 36.5 Å². The third-order valence-corrected chi connectivity index (χ3v) is 3.74. The van der Waals surface area contributed by atoms with Crippen molar-refractivity contribution in [2.24, 2.45) is 0 Å². The van der Waals surface area contributed by atoms with Crippen LogP contribution in [0.15, 0.2) is 12.1 Å². The molecule has 0 atom stereocenters. The Kier molecular flexibility index (Phi) is 3.16. The van der Waals surface area contributed by atoms with Crippen LogP contribution in [0.5, 0.6) is 0 Å². The molecule has 0 heterocycles. The second kappa shape index (κ2) is 3.77. The van der Waals surface area contributed by atoms with Crippen LogP contribution in [0.3, 0.4) is 0 Å². The Bertz CT molecular complexity index is 287. The lowest BCUT2D eigenvalue weighted by Crippen LogP contribution is -1.96. The van der Waals surface area contributed by atoms with Crippen molar-refractivity contribution in [3.63, 3.8) is 0 Å². The van der Waals surface area contributed by atoms with Crippen molar-refractivity contribution in [2.45, 2.75) is 33.6 Å². The summed E-state index contributed by atoms with van der Waals surface area (Å²) in [6.07, 6.45) is 0. The van der Waals surface area contributed by atoms with Gasteiger partial charge in [-0.3, -0.25) is 0 Å². The molecule has 0 unspecified atom stereocenters. The molecule has 0 aliphatic rings. The van der Waals surface area contributed by atoms with Crippen LogP contribution in [0, 0.1) is 17.4 Å². The molecule has 1 heteroatoms. The summed E-state index contributed by atoms with van der Waals surface area (Å²) < 4.78 is 1.43. The van der Waals surface area contributed by atoms with Crippen molar-refractivity contribution < 1.29 is 0 Å². The minimum Gasteiger partial charge on any atom is -0.0587 e. The van der Waals surface area contributed by atoms with Crippen LogP contribution < -0.4 is 0 Å². The van der Waals surface area contributed by atoms with E-state index in [1.807, 2.05) is 0 Å². The van der Waals surface area contributed by atoms with Crippen LogP contribution in [0.25, 0.3) is 0 Å². The summed E-state index contributed by atoms with van der Waals surface area (Å²) in [5.74, 6) is 0.635. The van der Waals surface area contributed by atoms with Gasteiger partial charge in [-0.25, -0.2) is 0 Å². The predicted molar refractivity (Wildman–Crippen MR) is 62.7 cm³/mol. The van der Waals surface area contributed by atoms with E-state index < -0.39 is 0 Å². The first-order valence-electron chi connectivity index (χ1n) is 4.29. The quantitative estimate of drug-likeness (QED) is 0.678. The topological polar surface area (TPSA) is 0 Å². The largest absolute Gasteiger partial charge is 0.0587 e. The van der Waals surface area contributed by atoms with Crippen LogP contribution in [-0.2, 0) is 0 Å². The van der Waals surface area contributed by atoms with E-state index in [0.717, 1.165) is 0 Å². The van der Waals surface area contributed by atoms with Crippen LogP contribution in [-0.4, -0.2) is 0 Å². The first kappa shape index (κ1) is 10.0. The molecule has 12 heavy (non-hydrogen) atoms. The standard InChI is InChI=1S/C11H15I/c1-7(2)10-6-5-8(3)9(4)11(10)12/h5-7H,1-4H3. The minimum absolute atomic E-state index is 0.635. The molecule has 0 fully saturated rings. The van der Waals surface area contributed by atoms with Gasteiger partial charge in [0.25, 0.3) is 0 Å². The number of benzene rings is 1. The molecular formula is C11H15I. The van der Waals surface area contributed by atoms with Crippen LogP contribution >= 0.6 is 22.6 Å². The first-order chi connectivity index (χ1) is 5.54. The van der Waals surface area contributed by atoms with Gasteiger partial charge in [0.1, 0.15) is 0 Å². The van der Waals surface area contributed by atoms with Crippen molar-refractivity contribution in [3.8, 4) is 0 Å². The van der Waals surface area contributed by atoms with E-state index >= 15 is 0 Å². The number of halogens is 1. The van der Waals surface area contributed by atoms with Gasteiger partial charge in [-0.05, 0) is 59.0 Å². The second-order valence-corrected chi connectivity index (χ2v) is 4.64. The van der Waals surface area contributed by atoms with Crippen molar-refractivity contribution in [3.05, 3.63) is 32.4 Å². The molecule has 0 saturated heterocycles. The van der Waals surface area contributed by atoms with E-state index in [-0.39, 0.29) is 0 Å². The van der Waals surface area contributed by atoms with Gasteiger partial charge in [-0.15, -0.1) is 0 Å². The average Bonchev–Trinajstić information content (AvgIpc) is 2.00. The number of hydrogen-bond acceptors (Lipinski definition) is 0. The zero-order chi connectivity index (χ0) is 9.30. The molecule has 0 nitrogen and oxygen atoms in total. The monoisotopic (exact) mass is 274 g/mol. The smallest absolute Gasteiger partial charge is 0.0196 e. The van der Waals surface area contributed by atoms with Gasteiger partial charge in [0.05, 0.1) is 0 Å². The Morgan fingerprint density at radius 2 is 1.75 bits per heavy atom. The summed E-state index contributed by atoms with van der Waals surface area (Å²) in [6, 6.07) is 4.46. The molecule has 66 valence electrons. The maximum Gasteiger partial charge on any atom is 0.0196 e. The molecule has 0 aliphatic heterocycles. The second-order valence-electron chi connectivity index (χ2n) is 3.57. The minimum atomic E-state index is 0.635. The lowest BCUT2D eigenvalue weighted by molar-refractivity contribution is 0.856. The lowest BCUT2D eigenvalue weighted by atomic mass is 9.99. The predicted octanol–water partition coefficient (Wildman–Crippen LogP) is 4.03. The van der Waals surface area contributed by atoms with E-state index in [1.54, 1.807) is 0 Å². The van der Waals surface area contributed by atoms with Crippen LogP contribution in [0.2, 0.25) is 0 Å². The summed E-state index contributed by atoms with van der Waals surface area (Å²) in [6.45, 7) is 8.85. The average molecular weight is 274 g/mol. The maximum atomic E-state index is 2.45. The van der Waals surface area contributed by atoms with E-state index in [4.69, 9.17) is 0 Å². The highest BCUT2D eigenvalue weighted by atomic mass is 127. The number of rotatable bonds is 1. The highest BCUT2D eigenvalue weighted by Gasteiger charge is 2.07. The Morgan fingerprint density at radius 1 is 1.17 bits per heavy atom. The third-order valence-electron chi connectivity index (χ3n) is 2.31. The molecule has 0 spiro atoms. The third kappa shape index (κ3) is 1.82. The number of aryl methyl sites for hydroxylation is 1. The van der Waals surface area contributed by atoms with Crippen molar-refractivity contribution in [1.29, 1.82) is 0 Å². The molecule has 1 aromatic carbocycles. The summed E-state index contributed by atoms with van der Waals surface area (Å²) in [4.78, 5) is 0. The molecule has 0 saturated carbocycles. The molecule has 1 aromatic rings. The maximum absolute atomic E-state index is 2.45. The fourth-order valence-corrected chi connectivity index (χ4v) is 2.48. The van der Waals surface area contributed by atoms with Crippen LogP contribution in [0.4, 0.5) is 0 Å².